The SMILES string of the molecule is Brc1ccc(-c2c3ccccc3c(-c3ccc(-c4ccccc4)cc3)c3ccccc23)nc1.C.CC1(C)OB(B2OC(C)(C)C(C)(C)O2)OC1(C)C.CC1(C)OB(c2ccc(-c3c4ccccc4c(-c4ccc(-c5ccccc5)cc4)c4ccccc34)nc2)OC1(C)C. The smallest absolute Gasteiger partial charge is 0.405 e. The highest BCUT2D eigenvalue weighted by Gasteiger charge is 2.64. The molecule has 0 unspecified atom stereocenters. The van der Waals surface area contributed by atoms with Gasteiger partial charge in [0.05, 0.1) is 45.0 Å². The van der Waals surface area contributed by atoms with Gasteiger partial charge in [0.15, 0.2) is 0 Å². The first kappa shape index (κ1) is 65.1. The Morgan fingerprint density at radius 3 is 0.817 bits per heavy atom. The number of aromatic nitrogens is 2. The average Bonchev–Trinajstić information content (AvgIpc) is 1.63. The van der Waals surface area contributed by atoms with Gasteiger partial charge in [-0.3, -0.25) is 9.97 Å². The highest BCUT2D eigenvalue weighted by atomic mass is 79.9. The maximum atomic E-state index is 6.28. The molecule has 0 N–H and O–H groups in total. The van der Waals surface area contributed by atoms with Crippen LogP contribution in [0.5, 0.6) is 0 Å². The molecule has 3 aliphatic rings. The number of rotatable bonds is 8. The summed E-state index contributed by atoms with van der Waals surface area (Å²) in [5, 5.41) is 9.71. The zero-order chi connectivity index (χ0) is 64.4. The fraction of sp³-hybridized carbons (Fsp3) is 0.235. The minimum Gasteiger partial charge on any atom is -0.405 e. The van der Waals surface area contributed by atoms with Gasteiger partial charge in [0.25, 0.3) is 0 Å². The van der Waals surface area contributed by atoms with Crippen LogP contribution in [0.15, 0.2) is 247 Å². The van der Waals surface area contributed by atoms with E-state index in [0.717, 1.165) is 26.9 Å². The number of fused-ring (bicyclic) bond motifs is 4. The Morgan fingerprint density at radius 1 is 0.269 bits per heavy atom. The van der Waals surface area contributed by atoms with Crippen molar-refractivity contribution < 1.29 is 27.9 Å². The molecule has 0 saturated carbocycles. The van der Waals surface area contributed by atoms with E-state index in [4.69, 9.17) is 37.9 Å². The van der Waals surface area contributed by atoms with Crippen molar-refractivity contribution >= 4 is 85.6 Å². The molecule has 12 heteroatoms. The van der Waals surface area contributed by atoms with Crippen LogP contribution in [0.1, 0.15) is 90.5 Å². The molecule has 15 rings (SSSR count). The molecule has 0 amide bonds. The first-order valence-electron chi connectivity index (χ1n) is 31.8. The number of benzene rings is 10. The first-order valence-corrected chi connectivity index (χ1v) is 32.6. The van der Waals surface area contributed by atoms with Crippen molar-refractivity contribution in [1.82, 2.24) is 9.97 Å². The third kappa shape index (κ3) is 12.4. The lowest BCUT2D eigenvalue weighted by molar-refractivity contribution is 0.00578. The van der Waals surface area contributed by atoms with Crippen molar-refractivity contribution in [3.63, 3.8) is 0 Å². The second-order valence-corrected chi connectivity index (χ2v) is 28.2. The third-order valence-electron chi connectivity index (χ3n) is 19.7. The Bertz CT molecular complexity index is 4460. The molecule has 3 aliphatic heterocycles. The third-order valence-corrected chi connectivity index (χ3v) is 20.2. The maximum Gasteiger partial charge on any atom is 0.496 e. The monoisotopic (exact) mass is 1290 g/mol. The molecule has 0 atom stereocenters. The molecule has 2 aromatic heterocycles. The molecule has 466 valence electrons. The van der Waals surface area contributed by atoms with Gasteiger partial charge in [0.1, 0.15) is 0 Å². The maximum absolute atomic E-state index is 6.28. The van der Waals surface area contributed by atoms with Gasteiger partial charge in [-0.2, -0.15) is 0 Å². The molecular weight excluding hydrogens is 1210 g/mol. The lowest BCUT2D eigenvalue weighted by Crippen LogP contribution is -2.41. The summed E-state index contributed by atoms with van der Waals surface area (Å²) in [6, 6.07) is 81.9. The normalized spacial score (nSPS) is 17.2. The second-order valence-electron chi connectivity index (χ2n) is 27.2. The Labute approximate surface area is 558 Å². The van der Waals surface area contributed by atoms with E-state index in [1.807, 2.05) is 67.8 Å². The van der Waals surface area contributed by atoms with Crippen LogP contribution in [0.3, 0.4) is 0 Å². The molecule has 3 fully saturated rings. The van der Waals surface area contributed by atoms with Crippen molar-refractivity contribution in [2.45, 2.75) is 124 Å². The fourth-order valence-electron chi connectivity index (χ4n) is 12.5. The zero-order valence-electron chi connectivity index (χ0n) is 54.5. The molecule has 3 saturated heterocycles. The summed E-state index contributed by atoms with van der Waals surface area (Å²) in [4.78, 5) is 9.73. The Morgan fingerprint density at radius 2 is 0.527 bits per heavy atom. The summed E-state index contributed by atoms with van der Waals surface area (Å²) in [5.41, 5.74) is 12.8. The highest BCUT2D eigenvalue weighted by Crippen LogP contribution is 2.47. The van der Waals surface area contributed by atoms with E-state index in [9.17, 15) is 0 Å². The van der Waals surface area contributed by atoms with E-state index in [1.165, 1.54) is 93.2 Å². The zero-order valence-corrected chi connectivity index (χ0v) is 56.1. The van der Waals surface area contributed by atoms with Crippen LogP contribution in [0.25, 0.3) is 110 Å². The van der Waals surface area contributed by atoms with Crippen molar-refractivity contribution in [2.24, 2.45) is 0 Å². The Balaban J connectivity index is 0.000000143. The standard InChI is InChI=1S/C37H32BNO2.C31H20BrN.C12H24B2O4.CH4/c1-36(2)37(3,4)41-38(40-36)28-22-23-33(39-24-28)35-31-16-10-8-14-29(31)34(30-15-9-11-17-32(30)35)27-20-18-26(19-21-27)25-12-6-5-7-13-25;32-24-18-19-29(33-20-24)31-27-12-6-4-10-25(27)30(26-11-5-7-13-28(26)31)23-16-14-22(15-17-23)21-8-2-1-3-9-21;1-9(2)10(3,4)16-13(15-9)14-17-11(5,6)12(7,8)18-14;/h5-24H,1-4H3;1-20H;1-8H3;1H4. The first-order chi connectivity index (χ1) is 44.0. The van der Waals surface area contributed by atoms with Crippen LogP contribution in [0.4, 0.5) is 0 Å². The lowest BCUT2D eigenvalue weighted by Gasteiger charge is -2.32. The summed E-state index contributed by atoms with van der Waals surface area (Å²) < 4.78 is 37.4. The predicted octanol–water partition coefficient (Wildman–Crippen LogP) is 20.7. The van der Waals surface area contributed by atoms with Crippen LogP contribution in [-0.2, 0) is 27.9 Å². The largest absolute Gasteiger partial charge is 0.496 e. The predicted molar refractivity (Wildman–Crippen MR) is 393 cm³/mol. The minimum absolute atomic E-state index is 0. The molecular formula is C81H80B3BrN2O6. The van der Waals surface area contributed by atoms with Crippen molar-refractivity contribution in [3.05, 3.63) is 247 Å². The molecule has 0 aliphatic carbocycles. The molecule has 5 heterocycles. The topological polar surface area (TPSA) is 81.2 Å². The van der Waals surface area contributed by atoms with Gasteiger partial charge in [-0.05, 0) is 205 Å². The highest BCUT2D eigenvalue weighted by molar-refractivity contribution is 9.10. The van der Waals surface area contributed by atoms with E-state index in [1.54, 1.807) is 0 Å². The fourth-order valence-corrected chi connectivity index (χ4v) is 12.8. The molecule has 0 spiro atoms. The number of hydrogen-bond donors (Lipinski definition) is 0. The van der Waals surface area contributed by atoms with Crippen molar-refractivity contribution in [1.29, 1.82) is 0 Å². The van der Waals surface area contributed by atoms with Gasteiger partial charge in [0, 0.05) is 33.5 Å². The minimum atomic E-state index is -0.476. The van der Waals surface area contributed by atoms with Crippen LogP contribution < -0.4 is 5.46 Å². The van der Waals surface area contributed by atoms with Gasteiger partial charge in [0.2, 0.25) is 0 Å². The van der Waals surface area contributed by atoms with Crippen molar-refractivity contribution in [3.8, 4) is 67.0 Å². The number of halogens is 1. The van der Waals surface area contributed by atoms with Crippen LogP contribution >= 0.6 is 15.9 Å². The van der Waals surface area contributed by atoms with Crippen molar-refractivity contribution in [2.75, 3.05) is 0 Å². The van der Waals surface area contributed by atoms with E-state index in [0.29, 0.717) is 0 Å². The quantitative estimate of drug-likeness (QED) is 0.110. The average molecular weight is 1290 g/mol. The van der Waals surface area contributed by atoms with Gasteiger partial charge in [-0.1, -0.05) is 220 Å². The summed E-state index contributed by atoms with van der Waals surface area (Å²) in [6.45, 7) is 24.5. The Hall–Kier alpha value is -8.03. The molecule has 0 bridgehead atoms. The molecule has 0 radical (unpaired) electrons. The summed E-state index contributed by atoms with van der Waals surface area (Å²) in [7, 11) is -1.39. The van der Waals surface area contributed by atoms with Crippen LogP contribution in [0, 0.1) is 0 Å². The van der Waals surface area contributed by atoms with E-state index < -0.39 is 32.3 Å². The van der Waals surface area contributed by atoms with Crippen LogP contribution in [0.2, 0.25) is 0 Å². The second kappa shape index (κ2) is 25.4. The molecule has 10 aromatic carbocycles. The number of nitrogens with zero attached hydrogens (tertiary/aromatic N) is 2. The summed E-state index contributed by atoms with van der Waals surface area (Å²) in [6.07, 6.45) is 3.77. The molecule has 93 heavy (non-hydrogen) atoms. The molecule has 8 nitrogen and oxygen atoms in total. The Kier molecular flexibility index (Phi) is 17.7. The summed E-state index contributed by atoms with van der Waals surface area (Å²) >= 11 is 3.52. The van der Waals surface area contributed by atoms with Gasteiger partial charge >= 0.3 is 21.1 Å². The van der Waals surface area contributed by atoms with Gasteiger partial charge < -0.3 is 27.9 Å². The number of hydrogen-bond acceptors (Lipinski definition) is 8. The van der Waals surface area contributed by atoms with Gasteiger partial charge in [-0.15, -0.1) is 0 Å². The summed E-state index contributed by atoms with van der Waals surface area (Å²) in [5.74, 6) is 0. The van der Waals surface area contributed by atoms with E-state index in [-0.39, 0.29) is 29.8 Å². The van der Waals surface area contributed by atoms with Gasteiger partial charge in [-0.25, -0.2) is 0 Å². The number of pyridine rings is 2. The van der Waals surface area contributed by atoms with E-state index in [2.05, 4.69) is 274 Å². The molecule has 12 aromatic rings. The lowest BCUT2D eigenvalue weighted by atomic mass is 9.49. The van der Waals surface area contributed by atoms with Crippen LogP contribution in [-0.4, -0.2) is 64.7 Å². The van der Waals surface area contributed by atoms with E-state index >= 15 is 0 Å².